The molecule has 2 aromatic rings. The fraction of sp³-hybridized carbons (Fsp3) is 0.231. The second kappa shape index (κ2) is 4.57. The lowest BCUT2D eigenvalue weighted by Crippen LogP contribution is -2.07. The lowest BCUT2D eigenvalue weighted by atomic mass is 10.1. The Morgan fingerprint density at radius 3 is 2.65 bits per heavy atom. The van der Waals surface area contributed by atoms with Crippen LogP contribution in [0.25, 0.3) is 0 Å². The molecule has 1 heterocycles. The van der Waals surface area contributed by atoms with E-state index in [-0.39, 0.29) is 11.7 Å². The molecule has 0 aliphatic rings. The first-order chi connectivity index (χ1) is 8.08. The maximum absolute atomic E-state index is 13.6. The van der Waals surface area contributed by atoms with E-state index in [0.29, 0.717) is 5.56 Å². The highest BCUT2D eigenvalue weighted by Crippen LogP contribution is 2.24. The van der Waals surface area contributed by atoms with Crippen molar-refractivity contribution in [3.05, 3.63) is 53.5 Å². The zero-order valence-corrected chi connectivity index (χ0v) is 9.63. The summed E-state index contributed by atoms with van der Waals surface area (Å²) in [7, 11) is 0. The van der Waals surface area contributed by atoms with E-state index in [1.165, 1.54) is 19.1 Å². The highest BCUT2D eigenvalue weighted by molar-refractivity contribution is 5.48. The van der Waals surface area contributed by atoms with Gasteiger partial charge >= 0.3 is 0 Å². The number of furan rings is 1. The van der Waals surface area contributed by atoms with E-state index in [1.54, 1.807) is 18.6 Å². The average Bonchev–Trinajstić information content (AvgIpc) is 2.79. The largest absolute Gasteiger partial charge is 0.472 e. The second-order valence-corrected chi connectivity index (χ2v) is 4.00. The Kier molecular flexibility index (Phi) is 3.13. The molecular weight excluding hydrogens is 224 g/mol. The van der Waals surface area contributed by atoms with E-state index < -0.39 is 11.6 Å². The summed E-state index contributed by atoms with van der Waals surface area (Å²) in [6.07, 6.45) is 3.11. The number of rotatable bonds is 3. The van der Waals surface area contributed by atoms with E-state index in [4.69, 9.17) is 4.42 Å². The monoisotopic (exact) mass is 237 g/mol. The molecule has 0 saturated heterocycles. The topological polar surface area (TPSA) is 25.2 Å². The van der Waals surface area contributed by atoms with Gasteiger partial charge in [0.15, 0.2) is 0 Å². The van der Waals surface area contributed by atoms with Crippen LogP contribution in [0.2, 0.25) is 0 Å². The van der Waals surface area contributed by atoms with Crippen LogP contribution in [0.4, 0.5) is 14.5 Å². The first-order valence-corrected chi connectivity index (χ1v) is 5.32. The van der Waals surface area contributed by atoms with Crippen LogP contribution in [0.3, 0.4) is 0 Å². The normalized spacial score (nSPS) is 12.5. The minimum Gasteiger partial charge on any atom is -0.472 e. The third kappa shape index (κ3) is 2.46. The Morgan fingerprint density at radius 1 is 1.24 bits per heavy atom. The smallest absolute Gasteiger partial charge is 0.146 e. The molecule has 2 nitrogen and oxygen atoms in total. The fourth-order valence-corrected chi connectivity index (χ4v) is 1.59. The Bertz CT molecular complexity index is 508. The molecule has 0 radical (unpaired) electrons. The molecule has 17 heavy (non-hydrogen) atoms. The van der Waals surface area contributed by atoms with Crippen molar-refractivity contribution in [3.8, 4) is 0 Å². The zero-order valence-electron chi connectivity index (χ0n) is 9.63. The van der Waals surface area contributed by atoms with Gasteiger partial charge in [-0.1, -0.05) is 0 Å². The summed E-state index contributed by atoms with van der Waals surface area (Å²) in [5.74, 6) is -0.882. The minimum atomic E-state index is -0.459. The molecule has 1 aromatic carbocycles. The summed E-state index contributed by atoms with van der Waals surface area (Å²) in [5, 5.41) is 2.91. The van der Waals surface area contributed by atoms with Crippen molar-refractivity contribution >= 4 is 5.69 Å². The van der Waals surface area contributed by atoms with Crippen LogP contribution in [0.1, 0.15) is 24.1 Å². The molecule has 2 rings (SSSR count). The standard InChI is InChI=1S/C13H13F2NO/c1-8-5-12(15)13(6-11(8)14)16-9(2)10-3-4-17-7-10/h3-7,9,16H,1-2H3. The van der Waals surface area contributed by atoms with Gasteiger partial charge in [0.25, 0.3) is 0 Å². The van der Waals surface area contributed by atoms with E-state index in [2.05, 4.69) is 5.32 Å². The summed E-state index contributed by atoms with van der Waals surface area (Å²) < 4.78 is 31.8. The van der Waals surface area contributed by atoms with Crippen LogP contribution in [0, 0.1) is 18.6 Å². The van der Waals surface area contributed by atoms with Crippen LogP contribution in [-0.2, 0) is 0 Å². The van der Waals surface area contributed by atoms with Crippen molar-refractivity contribution < 1.29 is 13.2 Å². The van der Waals surface area contributed by atoms with Crippen molar-refractivity contribution in [2.75, 3.05) is 5.32 Å². The fourth-order valence-electron chi connectivity index (χ4n) is 1.59. The third-order valence-corrected chi connectivity index (χ3v) is 2.66. The van der Waals surface area contributed by atoms with Crippen LogP contribution in [0.5, 0.6) is 0 Å². The Morgan fingerprint density at radius 2 is 2.00 bits per heavy atom. The first-order valence-electron chi connectivity index (χ1n) is 5.32. The van der Waals surface area contributed by atoms with E-state index >= 15 is 0 Å². The second-order valence-electron chi connectivity index (χ2n) is 4.00. The SMILES string of the molecule is Cc1cc(F)c(NC(C)c2ccoc2)cc1F. The number of anilines is 1. The number of halogens is 2. The average molecular weight is 237 g/mol. The van der Waals surface area contributed by atoms with Crippen molar-refractivity contribution in [2.45, 2.75) is 19.9 Å². The summed E-state index contributed by atoms with van der Waals surface area (Å²) >= 11 is 0. The molecule has 90 valence electrons. The van der Waals surface area contributed by atoms with Crippen molar-refractivity contribution in [3.63, 3.8) is 0 Å². The van der Waals surface area contributed by atoms with Gasteiger partial charge in [-0.2, -0.15) is 0 Å². The Balaban J connectivity index is 2.22. The number of benzene rings is 1. The number of hydrogen-bond donors (Lipinski definition) is 1. The van der Waals surface area contributed by atoms with Crippen molar-refractivity contribution in [2.24, 2.45) is 0 Å². The predicted octanol–water partition coefficient (Wildman–Crippen LogP) is 4.04. The molecule has 1 atom stereocenters. The van der Waals surface area contributed by atoms with Gasteiger partial charge in [-0.25, -0.2) is 8.78 Å². The summed E-state index contributed by atoms with van der Waals surface area (Å²) in [6.45, 7) is 3.38. The molecule has 0 spiro atoms. The lowest BCUT2D eigenvalue weighted by molar-refractivity contribution is 0.561. The third-order valence-electron chi connectivity index (χ3n) is 2.66. The summed E-state index contributed by atoms with van der Waals surface area (Å²) in [5.41, 5.74) is 1.33. The molecule has 0 saturated carbocycles. The number of aryl methyl sites for hydroxylation is 1. The number of nitrogens with one attached hydrogen (secondary N) is 1. The maximum atomic E-state index is 13.6. The molecular formula is C13H13F2NO. The van der Waals surface area contributed by atoms with E-state index in [9.17, 15) is 8.78 Å². The molecule has 1 aromatic heterocycles. The quantitative estimate of drug-likeness (QED) is 0.871. The summed E-state index contributed by atoms with van der Waals surface area (Å²) in [6, 6.07) is 3.98. The highest BCUT2D eigenvalue weighted by atomic mass is 19.1. The lowest BCUT2D eigenvalue weighted by Gasteiger charge is -2.14. The number of hydrogen-bond acceptors (Lipinski definition) is 2. The van der Waals surface area contributed by atoms with E-state index in [1.807, 2.05) is 6.92 Å². The minimum absolute atomic E-state index is 0.148. The van der Waals surface area contributed by atoms with Crippen LogP contribution in [0.15, 0.2) is 35.1 Å². The van der Waals surface area contributed by atoms with Gasteiger partial charge in [-0.3, -0.25) is 0 Å². The molecule has 1 unspecified atom stereocenters. The predicted molar refractivity (Wildman–Crippen MR) is 61.8 cm³/mol. The first kappa shape index (κ1) is 11.6. The van der Waals surface area contributed by atoms with Gasteiger partial charge < -0.3 is 9.73 Å². The molecule has 0 aliphatic carbocycles. The molecule has 0 fully saturated rings. The molecule has 1 N–H and O–H groups in total. The van der Waals surface area contributed by atoms with E-state index in [0.717, 1.165) is 5.56 Å². The van der Waals surface area contributed by atoms with Crippen LogP contribution < -0.4 is 5.32 Å². The molecule has 4 heteroatoms. The van der Waals surface area contributed by atoms with Gasteiger partial charge in [0.05, 0.1) is 24.3 Å². The van der Waals surface area contributed by atoms with Gasteiger partial charge in [0.1, 0.15) is 11.6 Å². The Labute approximate surface area is 98.3 Å². The van der Waals surface area contributed by atoms with Gasteiger partial charge in [-0.05, 0) is 31.5 Å². The molecule has 0 bridgehead atoms. The van der Waals surface area contributed by atoms with Gasteiger partial charge in [0, 0.05) is 11.6 Å². The van der Waals surface area contributed by atoms with Crippen molar-refractivity contribution in [1.82, 2.24) is 0 Å². The maximum Gasteiger partial charge on any atom is 0.146 e. The van der Waals surface area contributed by atoms with Crippen LogP contribution >= 0.6 is 0 Å². The summed E-state index contributed by atoms with van der Waals surface area (Å²) in [4.78, 5) is 0. The van der Waals surface area contributed by atoms with Gasteiger partial charge in [0.2, 0.25) is 0 Å². The van der Waals surface area contributed by atoms with Crippen LogP contribution in [-0.4, -0.2) is 0 Å². The molecule has 0 aliphatic heterocycles. The highest BCUT2D eigenvalue weighted by Gasteiger charge is 2.11. The zero-order chi connectivity index (χ0) is 12.4. The van der Waals surface area contributed by atoms with Gasteiger partial charge in [-0.15, -0.1) is 0 Å². The van der Waals surface area contributed by atoms with Crippen molar-refractivity contribution in [1.29, 1.82) is 0 Å². The Hall–Kier alpha value is -1.84. The molecule has 0 amide bonds.